The Bertz CT molecular complexity index is 851. The van der Waals surface area contributed by atoms with E-state index in [0.717, 1.165) is 71.1 Å². The van der Waals surface area contributed by atoms with Gasteiger partial charge in [-0.3, -0.25) is 19.2 Å². The van der Waals surface area contributed by atoms with Crippen molar-refractivity contribution in [3.63, 3.8) is 0 Å². The van der Waals surface area contributed by atoms with Gasteiger partial charge in [-0.2, -0.15) is 0 Å². The molecule has 0 aromatic rings. The smallest absolute Gasteiger partial charge is 0.306 e. The molecule has 0 aromatic carbocycles. The van der Waals surface area contributed by atoms with E-state index in [9.17, 15) is 34.5 Å². The lowest BCUT2D eigenvalue weighted by Gasteiger charge is -2.44. The van der Waals surface area contributed by atoms with Crippen LogP contribution in [-0.2, 0) is 47.6 Å². The maximum Gasteiger partial charge on any atom is 0.306 e. The van der Waals surface area contributed by atoms with Gasteiger partial charge in [0.2, 0.25) is 0 Å². The van der Waals surface area contributed by atoms with Crippen LogP contribution in [0, 0.1) is 0 Å². The summed E-state index contributed by atoms with van der Waals surface area (Å²) in [5.41, 5.74) is 0. The number of aliphatic hydroxyl groups excluding tert-OH is 3. The summed E-state index contributed by atoms with van der Waals surface area (Å²) >= 11 is 0. The van der Waals surface area contributed by atoms with Gasteiger partial charge in [-0.25, -0.2) is 0 Å². The topological polar surface area (TPSA) is 184 Å². The quantitative estimate of drug-likeness (QED) is 0.0788. The molecule has 262 valence electrons. The van der Waals surface area contributed by atoms with Gasteiger partial charge in [0, 0.05) is 26.7 Å². The number of rotatable bonds is 24. The monoisotopic (exact) mass is 648 g/mol. The molecule has 7 atom stereocenters. The molecule has 13 nitrogen and oxygen atoms in total. The van der Waals surface area contributed by atoms with Crippen molar-refractivity contribution in [3.05, 3.63) is 0 Å². The highest BCUT2D eigenvalue weighted by Gasteiger charge is 2.53. The van der Waals surface area contributed by atoms with Crippen molar-refractivity contribution in [2.24, 2.45) is 0 Å². The minimum Gasteiger partial charge on any atom is -0.463 e. The first-order valence-electron chi connectivity index (χ1n) is 16.5. The molecule has 1 rings (SSSR count). The summed E-state index contributed by atoms with van der Waals surface area (Å²) < 4.78 is 33.8. The number of unbranched alkanes of at least 4 members (excludes halogenated alkanes) is 10. The van der Waals surface area contributed by atoms with E-state index in [2.05, 4.69) is 13.8 Å². The van der Waals surface area contributed by atoms with Crippen molar-refractivity contribution in [2.45, 2.75) is 161 Å². The summed E-state index contributed by atoms with van der Waals surface area (Å²) in [5, 5.41) is 29.2. The second-order valence-electron chi connectivity index (χ2n) is 11.5. The molecule has 0 aliphatic carbocycles. The second-order valence-corrected chi connectivity index (χ2v) is 11.5. The van der Waals surface area contributed by atoms with Gasteiger partial charge in [0.1, 0.15) is 24.9 Å². The molecular formula is C32H56O13. The molecule has 45 heavy (non-hydrogen) atoms. The fourth-order valence-corrected chi connectivity index (χ4v) is 4.89. The van der Waals surface area contributed by atoms with Gasteiger partial charge in [-0.05, 0) is 12.8 Å². The third kappa shape index (κ3) is 17.2. The van der Waals surface area contributed by atoms with Crippen LogP contribution in [0.15, 0.2) is 0 Å². The standard InChI is InChI=1S/C32H56O13/c1-5-7-9-11-13-15-17-27(38)44-30-29(42-23(4)35)26(21-40-22(3)34)43-32(41-20-25(37)24(36)19-33)31(30)45-28(39)18-16-14-12-10-8-6-2/h24-26,29-33,36-37H,5-21H2,1-4H3/t24-,25+,26+,29+,30-,31-,32+/m0/s1. The predicted molar refractivity (Wildman–Crippen MR) is 162 cm³/mol. The Balaban J connectivity index is 3.25. The van der Waals surface area contributed by atoms with E-state index in [1.807, 2.05) is 0 Å². The van der Waals surface area contributed by atoms with Crippen molar-refractivity contribution in [3.8, 4) is 0 Å². The van der Waals surface area contributed by atoms with Crippen molar-refractivity contribution in [1.29, 1.82) is 0 Å². The third-order valence-electron chi connectivity index (χ3n) is 7.41. The van der Waals surface area contributed by atoms with Crippen LogP contribution in [-0.4, -0.2) is 102 Å². The first-order valence-corrected chi connectivity index (χ1v) is 16.5. The number of hydrogen-bond acceptors (Lipinski definition) is 13. The van der Waals surface area contributed by atoms with Crippen molar-refractivity contribution in [2.75, 3.05) is 19.8 Å². The Morgan fingerprint density at radius 1 is 0.667 bits per heavy atom. The molecule has 0 saturated carbocycles. The highest BCUT2D eigenvalue weighted by Crippen LogP contribution is 2.31. The predicted octanol–water partition coefficient (Wildman–Crippen LogP) is 3.26. The normalized spacial score (nSPS) is 22.7. The molecule has 1 aliphatic heterocycles. The molecule has 1 heterocycles. The van der Waals surface area contributed by atoms with E-state index < -0.39 is 86.6 Å². The number of carbonyl (C=O) groups is 4. The SMILES string of the molecule is CCCCCCCCC(=O)O[C@@H]1[C@H](OC(=O)CCCCCCCC)[C@H](OC[C@@H](O)[C@@H](O)CO)O[C@H](COC(C)=O)[C@H]1OC(C)=O. The minimum absolute atomic E-state index is 0.0642. The number of carbonyl (C=O) groups excluding carboxylic acids is 4. The van der Waals surface area contributed by atoms with Crippen LogP contribution in [0.2, 0.25) is 0 Å². The van der Waals surface area contributed by atoms with Crippen LogP contribution in [0.4, 0.5) is 0 Å². The van der Waals surface area contributed by atoms with Gasteiger partial charge in [0.15, 0.2) is 24.6 Å². The maximum absolute atomic E-state index is 13.1. The van der Waals surface area contributed by atoms with Crippen LogP contribution >= 0.6 is 0 Å². The Labute approximate surface area is 267 Å². The maximum atomic E-state index is 13.1. The first-order chi connectivity index (χ1) is 21.5. The molecule has 1 saturated heterocycles. The van der Waals surface area contributed by atoms with Gasteiger partial charge in [0.25, 0.3) is 0 Å². The lowest BCUT2D eigenvalue weighted by molar-refractivity contribution is -0.312. The molecule has 3 N–H and O–H groups in total. The third-order valence-corrected chi connectivity index (χ3v) is 7.41. The number of ether oxygens (including phenoxy) is 6. The summed E-state index contributed by atoms with van der Waals surface area (Å²) in [6, 6.07) is 0. The van der Waals surface area contributed by atoms with Crippen LogP contribution in [0.25, 0.3) is 0 Å². The van der Waals surface area contributed by atoms with Crippen LogP contribution in [0.1, 0.15) is 118 Å². The van der Waals surface area contributed by atoms with Gasteiger partial charge < -0.3 is 43.7 Å². The van der Waals surface area contributed by atoms with E-state index in [1.54, 1.807) is 0 Å². The lowest BCUT2D eigenvalue weighted by atomic mass is 9.97. The molecule has 0 aromatic heterocycles. The van der Waals surface area contributed by atoms with Crippen LogP contribution in [0.5, 0.6) is 0 Å². The Morgan fingerprint density at radius 2 is 1.18 bits per heavy atom. The summed E-state index contributed by atoms with van der Waals surface area (Å²) in [4.78, 5) is 49.9. The van der Waals surface area contributed by atoms with Crippen molar-refractivity contribution < 1.29 is 62.9 Å². The second kappa shape index (κ2) is 23.9. The molecule has 0 amide bonds. The molecule has 1 fully saturated rings. The average molecular weight is 649 g/mol. The fraction of sp³-hybridized carbons (Fsp3) is 0.875. The van der Waals surface area contributed by atoms with E-state index in [0.29, 0.717) is 12.8 Å². The lowest BCUT2D eigenvalue weighted by Crippen LogP contribution is -2.63. The minimum atomic E-state index is -1.54. The highest BCUT2D eigenvalue weighted by atomic mass is 16.7. The zero-order valence-corrected chi connectivity index (χ0v) is 27.5. The first kappa shape index (κ1) is 40.7. The zero-order valence-electron chi connectivity index (χ0n) is 27.5. The Morgan fingerprint density at radius 3 is 1.67 bits per heavy atom. The summed E-state index contributed by atoms with van der Waals surface area (Å²) in [6.07, 6.45) is 1.41. The van der Waals surface area contributed by atoms with Gasteiger partial charge in [-0.15, -0.1) is 0 Å². The molecular weight excluding hydrogens is 592 g/mol. The van der Waals surface area contributed by atoms with Crippen molar-refractivity contribution in [1.82, 2.24) is 0 Å². The van der Waals surface area contributed by atoms with Gasteiger partial charge >= 0.3 is 23.9 Å². The van der Waals surface area contributed by atoms with Gasteiger partial charge in [0.05, 0.1) is 13.2 Å². The number of hydrogen-bond donors (Lipinski definition) is 3. The number of esters is 4. The van der Waals surface area contributed by atoms with Crippen LogP contribution in [0.3, 0.4) is 0 Å². The largest absolute Gasteiger partial charge is 0.463 e. The highest BCUT2D eigenvalue weighted by molar-refractivity contribution is 5.71. The summed E-state index contributed by atoms with van der Waals surface area (Å²) in [7, 11) is 0. The van der Waals surface area contributed by atoms with Gasteiger partial charge in [-0.1, -0.05) is 78.1 Å². The van der Waals surface area contributed by atoms with Crippen molar-refractivity contribution >= 4 is 23.9 Å². The fourth-order valence-electron chi connectivity index (χ4n) is 4.89. The van der Waals surface area contributed by atoms with Crippen LogP contribution < -0.4 is 0 Å². The van der Waals surface area contributed by atoms with E-state index in [4.69, 9.17) is 28.4 Å². The molecule has 0 bridgehead atoms. The molecule has 0 unspecified atom stereocenters. The van der Waals surface area contributed by atoms with E-state index in [1.165, 1.54) is 6.92 Å². The molecule has 1 aliphatic rings. The zero-order chi connectivity index (χ0) is 33.6. The number of aliphatic hydroxyl groups is 3. The average Bonchev–Trinajstić information content (AvgIpc) is 3.00. The van der Waals surface area contributed by atoms with E-state index in [-0.39, 0.29) is 12.8 Å². The summed E-state index contributed by atoms with van der Waals surface area (Å²) in [6.45, 7) is 4.83. The molecule has 13 heteroatoms. The molecule has 0 radical (unpaired) electrons. The Hall–Kier alpha value is -2.32. The summed E-state index contributed by atoms with van der Waals surface area (Å²) in [5.74, 6) is -2.64. The Kier molecular flexibility index (Phi) is 21.7. The van der Waals surface area contributed by atoms with E-state index >= 15 is 0 Å². The molecule has 0 spiro atoms.